The summed E-state index contributed by atoms with van der Waals surface area (Å²) in [5.41, 5.74) is 0.169. The first-order chi connectivity index (χ1) is 8.72. The molecular formula is C9H13ClO7P2. The van der Waals surface area contributed by atoms with E-state index in [0.29, 0.717) is 0 Å². The summed E-state index contributed by atoms with van der Waals surface area (Å²) in [5, 5.41) is 0.288. The average Bonchev–Trinajstić information content (AvgIpc) is 2.34. The number of phosphoric ester groups is 1. The van der Waals surface area contributed by atoms with E-state index in [0.717, 1.165) is 14.2 Å². The van der Waals surface area contributed by atoms with Crippen LogP contribution in [-0.2, 0) is 22.7 Å². The van der Waals surface area contributed by atoms with Crippen molar-refractivity contribution >= 4 is 27.0 Å². The highest BCUT2D eigenvalue weighted by Gasteiger charge is 2.41. The predicted molar refractivity (Wildman–Crippen MR) is 68.9 cm³/mol. The first kappa shape index (κ1) is 16.8. The lowest BCUT2D eigenvalue weighted by Crippen LogP contribution is -2.07. The minimum Gasteiger partial charge on any atom is -0.310 e. The molecule has 2 N–H and O–H groups in total. The van der Waals surface area contributed by atoms with Gasteiger partial charge in [-0.2, -0.15) is 0 Å². The normalized spacial score (nSPS) is 14.4. The maximum Gasteiger partial charge on any atom is 0.470 e. The molecule has 0 aromatic heterocycles. The molecule has 0 bridgehead atoms. The Morgan fingerprint density at radius 1 is 1.21 bits per heavy atom. The highest BCUT2D eigenvalue weighted by atomic mass is 35.5. The monoisotopic (exact) mass is 330 g/mol. The van der Waals surface area contributed by atoms with Crippen LogP contribution in [0, 0.1) is 0 Å². The third kappa shape index (κ3) is 4.67. The average molecular weight is 331 g/mol. The van der Waals surface area contributed by atoms with E-state index in [4.69, 9.17) is 30.4 Å². The van der Waals surface area contributed by atoms with Crippen LogP contribution < -0.4 is 0 Å². The summed E-state index contributed by atoms with van der Waals surface area (Å²) in [6.45, 7) is 0. The molecule has 0 saturated heterocycles. The molecule has 0 aliphatic rings. The van der Waals surface area contributed by atoms with E-state index in [1.54, 1.807) is 6.07 Å². The Morgan fingerprint density at radius 3 is 2.21 bits per heavy atom. The second kappa shape index (κ2) is 6.48. The zero-order valence-electron chi connectivity index (χ0n) is 10.1. The lowest BCUT2D eigenvalue weighted by atomic mass is 10.2. The van der Waals surface area contributed by atoms with Gasteiger partial charge >= 0.3 is 15.4 Å². The van der Waals surface area contributed by atoms with Gasteiger partial charge < -0.3 is 18.8 Å². The molecule has 0 heterocycles. The first-order valence-electron chi connectivity index (χ1n) is 4.92. The van der Waals surface area contributed by atoms with Crippen molar-refractivity contribution in [2.24, 2.45) is 0 Å². The fourth-order valence-corrected chi connectivity index (χ4v) is 3.83. The quantitative estimate of drug-likeness (QED) is 0.773. The molecule has 1 aromatic carbocycles. The molecule has 1 unspecified atom stereocenters. The predicted octanol–water partition coefficient (Wildman–Crippen LogP) is 2.93. The fourth-order valence-electron chi connectivity index (χ4n) is 1.36. The molecule has 10 heteroatoms. The maximum absolute atomic E-state index is 12.3. The summed E-state index contributed by atoms with van der Waals surface area (Å²) in [6.07, 6.45) is 0. The summed E-state index contributed by atoms with van der Waals surface area (Å²) in [4.78, 5) is 17.8. The van der Waals surface area contributed by atoms with Crippen LogP contribution in [-0.4, -0.2) is 24.0 Å². The number of phosphoric acid groups is 1. The Balaban J connectivity index is 3.27. The number of halogens is 1. The molecule has 0 aliphatic heterocycles. The lowest BCUT2D eigenvalue weighted by molar-refractivity contribution is 0.143. The molecule has 1 aromatic rings. The number of rotatable bonds is 6. The van der Waals surface area contributed by atoms with E-state index >= 15 is 0 Å². The molecule has 108 valence electrons. The van der Waals surface area contributed by atoms with Crippen molar-refractivity contribution in [2.45, 2.75) is 5.85 Å². The maximum atomic E-state index is 12.3. The van der Waals surface area contributed by atoms with Gasteiger partial charge in [0.05, 0.1) is 0 Å². The van der Waals surface area contributed by atoms with Crippen LogP contribution in [0.4, 0.5) is 0 Å². The first-order valence-corrected chi connectivity index (χ1v) is 8.44. The van der Waals surface area contributed by atoms with E-state index in [2.05, 4.69) is 4.52 Å². The van der Waals surface area contributed by atoms with Crippen LogP contribution >= 0.6 is 27.0 Å². The molecule has 0 fully saturated rings. The van der Waals surface area contributed by atoms with E-state index in [-0.39, 0.29) is 10.6 Å². The van der Waals surface area contributed by atoms with Gasteiger partial charge in [0.2, 0.25) is 0 Å². The minimum absolute atomic E-state index is 0.169. The SMILES string of the molecule is COP(=O)(OC)C(OP(=O)(O)O)c1cccc(Cl)c1. The third-order valence-corrected chi connectivity index (χ3v) is 5.05. The van der Waals surface area contributed by atoms with Crippen molar-refractivity contribution in [3.05, 3.63) is 34.9 Å². The van der Waals surface area contributed by atoms with Crippen LogP contribution in [0.25, 0.3) is 0 Å². The molecule has 0 spiro atoms. The molecule has 19 heavy (non-hydrogen) atoms. The van der Waals surface area contributed by atoms with Gasteiger partial charge in [-0.1, -0.05) is 23.7 Å². The zero-order valence-corrected chi connectivity index (χ0v) is 12.6. The highest BCUT2D eigenvalue weighted by molar-refractivity contribution is 7.55. The van der Waals surface area contributed by atoms with Gasteiger partial charge in [-0.3, -0.25) is 9.09 Å². The Labute approximate surface area is 115 Å². The van der Waals surface area contributed by atoms with E-state index < -0.39 is 21.3 Å². The number of hydrogen-bond acceptors (Lipinski definition) is 5. The van der Waals surface area contributed by atoms with Gasteiger partial charge in [-0.15, -0.1) is 0 Å². The van der Waals surface area contributed by atoms with Crippen molar-refractivity contribution in [3.8, 4) is 0 Å². The third-order valence-electron chi connectivity index (χ3n) is 2.17. The van der Waals surface area contributed by atoms with E-state index in [9.17, 15) is 9.13 Å². The molecule has 0 amide bonds. The van der Waals surface area contributed by atoms with Gasteiger partial charge in [0, 0.05) is 19.2 Å². The van der Waals surface area contributed by atoms with Gasteiger partial charge in [-0.05, 0) is 17.7 Å². The summed E-state index contributed by atoms with van der Waals surface area (Å²) in [7, 11) is -6.63. The Bertz CT molecular complexity index is 521. The molecule has 0 aliphatic carbocycles. The summed E-state index contributed by atoms with van der Waals surface area (Å²) < 4.78 is 37.2. The highest BCUT2D eigenvalue weighted by Crippen LogP contribution is 2.64. The number of hydrogen-bond donors (Lipinski definition) is 2. The molecule has 7 nitrogen and oxygen atoms in total. The fraction of sp³-hybridized carbons (Fsp3) is 0.333. The second-order valence-corrected chi connectivity index (χ2v) is 7.32. The summed E-state index contributed by atoms with van der Waals surface area (Å²) >= 11 is 5.78. The standard InChI is InChI=1S/C9H13ClO7P2/c1-15-18(11,16-2)9(17-19(12,13)14)7-4-3-5-8(10)6-7/h3-6,9H,1-2H3,(H2,12,13,14). The molecule has 0 radical (unpaired) electrons. The van der Waals surface area contributed by atoms with Gasteiger partial charge in [0.25, 0.3) is 0 Å². The minimum atomic E-state index is -4.90. The van der Waals surface area contributed by atoms with Crippen LogP contribution in [0.3, 0.4) is 0 Å². The Hall–Kier alpha value is -0.230. The topological polar surface area (TPSA) is 102 Å². The van der Waals surface area contributed by atoms with Crippen LogP contribution in [0.15, 0.2) is 24.3 Å². The van der Waals surface area contributed by atoms with Crippen LogP contribution in [0.1, 0.15) is 11.4 Å². The number of benzene rings is 1. The Morgan fingerprint density at radius 2 is 1.79 bits per heavy atom. The van der Waals surface area contributed by atoms with Crippen LogP contribution in [0.2, 0.25) is 5.02 Å². The second-order valence-electron chi connectivity index (χ2n) is 3.41. The Kier molecular flexibility index (Phi) is 5.74. The molecule has 1 atom stereocenters. The van der Waals surface area contributed by atoms with E-state index in [1.807, 2.05) is 0 Å². The van der Waals surface area contributed by atoms with Crippen molar-refractivity contribution in [3.63, 3.8) is 0 Å². The molecule has 0 saturated carbocycles. The van der Waals surface area contributed by atoms with Crippen molar-refractivity contribution in [1.29, 1.82) is 0 Å². The lowest BCUT2D eigenvalue weighted by Gasteiger charge is -2.24. The zero-order chi connectivity index (χ0) is 14.7. The van der Waals surface area contributed by atoms with Crippen molar-refractivity contribution in [1.82, 2.24) is 0 Å². The van der Waals surface area contributed by atoms with Crippen LogP contribution in [0.5, 0.6) is 0 Å². The summed E-state index contributed by atoms with van der Waals surface area (Å²) in [5.74, 6) is -1.58. The van der Waals surface area contributed by atoms with E-state index in [1.165, 1.54) is 18.2 Å². The molecular weight excluding hydrogens is 317 g/mol. The van der Waals surface area contributed by atoms with Crippen molar-refractivity contribution in [2.75, 3.05) is 14.2 Å². The van der Waals surface area contributed by atoms with Gasteiger partial charge in [0.15, 0.2) is 5.85 Å². The van der Waals surface area contributed by atoms with Gasteiger partial charge in [0.1, 0.15) is 0 Å². The smallest absolute Gasteiger partial charge is 0.310 e. The largest absolute Gasteiger partial charge is 0.470 e. The van der Waals surface area contributed by atoms with Gasteiger partial charge in [-0.25, -0.2) is 4.57 Å². The summed E-state index contributed by atoms with van der Waals surface area (Å²) in [6, 6.07) is 5.86. The van der Waals surface area contributed by atoms with Crippen molar-refractivity contribution < 1.29 is 32.5 Å². The molecule has 1 rings (SSSR count).